The van der Waals surface area contributed by atoms with E-state index in [9.17, 15) is 28.7 Å². The fourth-order valence-electron chi connectivity index (χ4n) is 3.72. The molecule has 0 spiro atoms. The number of carbonyl (C=O) groups is 3. The molecule has 0 unspecified atom stereocenters. The molecule has 11 nitrogen and oxygen atoms in total. The van der Waals surface area contributed by atoms with E-state index >= 15 is 0 Å². The average molecular weight is 564 g/mol. The van der Waals surface area contributed by atoms with Gasteiger partial charge in [0.1, 0.15) is 35.9 Å². The van der Waals surface area contributed by atoms with Crippen molar-refractivity contribution in [3.63, 3.8) is 0 Å². The minimum Gasteiger partial charge on any atom is -0.508 e. The highest BCUT2D eigenvalue weighted by Crippen LogP contribution is 2.25. The molecule has 3 aromatic carbocycles. The van der Waals surface area contributed by atoms with Gasteiger partial charge in [-0.25, -0.2) is 9.18 Å². The van der Waals surface area contributed by atoms with Gasteiger partial charge in [-0.15, -0.1) is 0 Å². The molecule has 0 saturated heterocycles. The van der Waals surface area contributed by atoms with E-state index in [2.05, 4.69) is 10.6 Å². The van der Waals surface area contributed by atoms with Crippen LogP contribution in [0.25, 0.3) is 11.0 Å². The van der Waals surface area contributed by atoms with E-state index in [4.69, 9.17) is 19.6 Å². The summed E-state index contributed by atoms with van der Waals surface area (Å²) in [7, 11) is 0. The Balaban J connectivity index is 1.28. The first-order valence-corrected chi connectivity index (χ1v) is 12.4. The number of benzene rings is 3. The molecule has 1 heterocycles. The Morgan fingerprint density at radius 1 is 1.02 bits per heavy atom. The van der Waals surface area contributed by atoms with Crippen molar-refractivity contribution in [2.24, 2.45) is 5.73 Å². The number of carbonyl (C=O) groups excluding carboxylic acids is 3. The Labute approximate surface area is 232 Å². The van der Waals surface area contributed by atoms with Crippen LogP contribution in [0.5, 0.6) is 23.0 Å². The van der Waals surface area contributed by atoms with Gasteiger partial charge in [0.05, 0.1) is 11.4 Å². The molecule has 4 rings (SSSR count). The average Bonchev–Trinajstić information content (AvgIpc) is 2.95. The molecule has 0 aliphatic carbocycles. The molecular formula is C29H26FN3O8. The van der Waals surface area contributed by atoms with Gasteiger partial charge in [-0.05, 0) is 55.3 Å². The first kappa shape index (κ1) is 28.8. The minimum absolute atomic E-state index is 0.0456. The molecule has 0 saturated carbocycles. The van der Waals surface area contributed by atoms with Gasteiger partial charge in [-0.1, -0.05) is 24.3 Å². The molecule has 212 valence electrons. The number of para-hydroxylation sites is 1. The highest BCUT2D eigenvalue weighted by molar-refractivity contribution is 5.91. The van der Waals surface area contributed by atoms with Crippen molar-refractivity contribution in [1.82, 2.24) is 10.6 Å². The maximum Gasteiger partial charge on any atom is 0.330 e. The van der Waals surface area contributed by atoms with Crippen molar-refractivity contribution in [2.45, 2.75) is 25.4 Å². The van der Waals surface area contributed by atoms with E-state index in [0.29, 0.717) is 0 Å². The third kappa shape index (κ3) is 7.46. The number of rotatable bonds is 10. The molecule has 5 N–H and O–H groups in total. The summed E-state index contributed by atoms with van der Waals surface area (Å²) >= 11 is 0. The van der Waals surface area contributed by atoms with Crippen LogP contribution in [0.15, 0.2) is 82.2 Å². The highest BCUT2D eigenvalue weighted by atomic mass is 19.1. The zero-order chi connectivity index (χ0) is 29.5. The Hall–Kier alpha value is -5.23. The minimum atomic E-state index is -0.989. The summed E-state index contributed by atoms with van der Waals surface area (Å²) in [6.45, 7) is 0.928. The van der Waals surface area contributed by atoms with Crippen LogP contribution < -0.4 is 31.3 Å². The number of fused-ring (bicyclic) bond motifs is 1. The van der Waals surface area contributed by atoms with Crippen molar-refractivity contribution >= 4 is 28.8 Å². The molecule has 2 amide bonds. The van der Waals surface area contributed by atoms with E-state index in [1.807, 2.05) is 0 Å². The Kier molecular flexibility index (Phi) is 8.95. The maximum absolute atomic E-state index is 13.9. The Morgan fingerprint density at radius 3 is 2.49 bits per heavy atom. The number of phenols is 1. The molecule has 0 radical (unpaired) electrons. The maximum atomic E-state index is 13.9. The summed E-state index contributed by atoms with van der Waals surface area (Å²) in [5.41, 5.74) is 6.17. The van der Waals surface area contributed by atoms with Gasteiger partial charge in [0.15, 0.2) is 11.6 Å². The molecule has 0 aliphatic heterocycles. The largest absolute Gasteiger partial charge is 0.508 e. The van der Waals surface area contributed by atoms with Crippen molar-refractivity contribution < 1.29 is 37.8 Å². The molecule has 0 aliphatic rings. The van der Waals surface area contributed by atoms with Gasteiger partial charge in [0.2, 0.25) is 23.0 Å². The quantitative estimate of drug-likeness (QED) is 0.167. The summed E-state index contributed by atoms with van der Waals surface area (Å²) in [6.07, 6.45) is 1.22. The molecule has 2 atom stereocenters. The van der Waals surface area contributed by atoms with Crippen LogP contribution in [-0.2, 0) is 20.8 Å². The molecule has 0 bridgehead atoms. The number of amides is 2. The topological polar surface area (TPSA) is 170 Å². The number of halogens is 1. The van der Waals surface area contributed by atoms with E-state index < -0.39 is 47.7 Å². The van der Waals surface area contributed by atoms with Crippen molar-refractivity contribution in [2.75, 3.05) is 6.54 Å². The Morgan fingerprint density at radius 2 is 1.76 bits per heavy atom. The van der Waals surface area contributed by atoms with Crippen LogP contribution >= 0.6 is 0 Å². The number of hydrogen-bond donors (Lipinski definition) is 4. The Bertz CT molecular complexity index is 1640. The first-order valence-electron chi connectivity index (χ1n) is 12.4. The van der Waals surface area contributed by atoms with Gasteiger partial charge in [-0.2, -0.15) is 0 Å². The van der Waals surface area contributed by atoms with Crippen molar-refractivity contribution in [3.8, 4) is 23.0 Å². The van der Waals surface area contributed by atoms with Crippen LogP contribution in [0.1, 0.15) is 12.5 Å². The normalized spacial score (nSPS) is 12.3. The number of hydrogen-bond acceptors (Lipinski definition) is 9. The van der Waals surface area contributed by atoms with Crippen LogP contribution in [0.4, 0.5) is 4.39 Å². The van der Waals surface area contributed by atoms with Gasteiger partial charge < -0.3 is 35.4 Å². The lowest BCUT2D eigenvalue weighted by atomic mass is 10.1. The summed E-state index contributed by atoms with van der Waals surface area (Å²) < 4.78 is 29.8. The predicted molar refractivity (Wildman–Crippen MR) is 145 cm³/mol. The summed E-state index contributed by atoms with van der Waals surface area (Å²) in [6, 6.07) is 13.9. The number of nitrogens with two attached hydrogens (primary N) is 1. The number of ether oxygens (including phenoxy) is 2. The molecule has 1 aromatic heterocycles. The number of phenolic OH excluding ortho intramolecular Hbond substituents is 1. The molecule has 41 heavy (non-hydrogen) atoms. The zero-order valence-corrected chi connectivity index (χ0v) is 21.8. The second-order valence-corrected chi connectivity index (χ2v) is 9.02. The standard InChI is InChI=1S/C29H26FN3O8/c1-16(33-29(38)22(31)12-17-6-8-18(34)9-7-17)28(37)32-14-26(35)40-19-10-11-20-24(13-19)39-15-25(27(20)36)41-23-5-3-2-4-21(23)30/h2-11,13,15-16,22,34H,12,14,31H2,1H3,(H,32,37)(H,33,38)/t16-,22+/m0/s1. The molecule has 12 heteroatoms. The second-order valence-electron chi connectivity index (χ2n) is 9.02. The summed E-state index contributed by atoms with van der Waals surface area (Å²) in [5, 5.41) is 14.3. The van der Waals surface area contributed by atoms with E-state index in [1.54, 1.807) is 18.2 Å². The highest BCUT2D eigenvalue weighted by Gasteiger charge is 2.21. The second kappa shape index (κ2) is 12.7. The van der Waals surface area contributed by atoms with Gasteiger partial charge >= 0.3 is 5.97 Å². The number of esters is 1. The first-order chi connectivity index (χ1) is 19.6. The third-order valence-electron chi connectivity index (χ3n) is 5.89. The zero-order valence-electron chi connectivity index (χ0n) is 21.8. The van der Waals surface area contributed by atoms with Gasteiger partial charge in [0.25, 0.3) is 0 Å². The fourth-order valence-corrected chi connectivity index (χ4v) is 3.72. The molecular weight excluding hydrogens is 537 g/mol. The molecule has 0 fully saturated rings. The van der Waals surface area contributed by atoms with E-state index in [0.717, 1.165) is 11.8 Å². The van der Waals surface area contributed by atoms with Crippen molar-refractivity contribution in [3.05, 3.63) is 94.6 Å². The smallest absolute Gasteiger partial charge is 0.330 e. The number of aromatic hydroxyl groups is 1. The van der Waals surface area contributed by atoms with Crippen LogP contribution in [0, 0.1) is 5.82 Å². The lowest BCUT2D eigenvalue weighted by Crippen LogP contribution is -2.51. The summed E-state index contributed by atoms with van der Waals surface area (Å²) in [4.78, 5) is 49.7. The number of nitrogens with one attached hydrogen (secondary N) is 2. The monoisotopic (exact) mass is 563 g/mol. The lowest BCUT2D eigenvalue weighted by molar-refractivity contribution is -0.136. The van der Waals surface area contributed by atoms with Gasteiger partial charge in [-0.3, -0.25) is 14.4 Å². The van der Waals surface area contributed by atoms with E-state index in [1.165, 1.54) is 55.5 Å². The fraction of sp³-hybridized carbons (Fsp3) is 0.172. The SMILES string of the molecule is C[C@H](NC(=O)[C@H](N)Cc1ccc(O)cc1)C(=O)NCC(=O)Oc1ccc2c(=O)c(Oc3ccccc3F)coc2c1. The van der Waals surface area contributed by atoms with Crippen LogP contribution in [0.2, 0.25) is 0 Å². The third-order valence-corrected chi connectivity index (χ3v) is 5.89. The van der Waals surface area contributed by atoms with E-state index in [-0.39, 0.29) is 40.4 Å². The van der Waals surface area contributed by atoms with Crippen molar-refractivity contribution in [1.29, 1.82) is 0 Å². The van der Waals surface area contributed by atoms with Crippen LogP contribution in [-0.4, -0.2) is 41.5 Å². The lowest BCUT2D eigenvalue weighted by Gasteiger charge is -2.17. The predicted octanol–water partition coefficient (Wildman–Crippen LogP) is 2.53. The van der Waals surface area contributed by atoms with Gasteiger partial charge in [0, 0.05) is 6.07 Å². The molecule has 4 aromatic rings. The van der Waals surface area contributed by atoms with Crippen LogP contribution in [0.3, 0.4) is 0 Å². The summed E-state index contributed by atoms with van der Waals surface area (Å²) in [5.74, 6) is -2.90.